The molecule has 0 spiro atoms. The second-order valence-corrected chi connectivity index (χ2v) is 12.8. The van der Waals surface area contributed by atoms with Gasteiger partial charge in [-0.05, 0) is 89.3 Å². The Bertz CT molecular complexity index is 2250. The van der Waals surface area contributed by atoms with Crippen molar-refractivity contribution >= 4 is 51.7 Å². The van der Waals surface area contributed by atoms with Crippen LogP contribution >= 0.6 is 0 Å². The molecule has 2 aromatic carbocycles. The van der Waals surface area contributed by atoms with Crippen molar-refractivity contribution in [2.45, 2.75) is 92.9 Å². The molecule has 0 saturated heterocycles. The third-order valence-electron chi connectivity index (χ3n) is 9.35. The molecular formula is C37H45N11O3. The number of nitrogens with zero attached hydrogens (tertiary/aromatic N) is 8. The van der Waals surface area contributed by atoms with Gasteiger partial charge in [0.1, 0.15) is 11.4 Å². The Morgan fingerprint density at radius 2 is 1.47 bits per heavy atom. The fourth-order valence-corrected chi connectivity index (χ4v) is 6.91. The van der Waals surface area contributed by atoms with Crippen molar-refractivity contribution < 1.29 is 14.4 Å². The van der Waals surface area contributed by atoms with E-state index in [1.165, 1.54) is 0 Å². The van der Waals surface area contributed by atoms with Gasteiger partial charge in [0, 0.05) is 37.3 Å². The van der Waals surface area contributed by atoms with Crippen LogP contribution in [-0.4, -0.2) is 56.4 Å². The van der Waals surface area contributed by atoms with Crippen LogP contribution in [0.4, 0.5) is 11.9 Å². The summed E-state index contributed by atoms with van der Waals surface area (Å²) in [4.78, 5) is 49.3. The predicted molar refractivity (Wildman–Crippen MR) is 197 cm³/mol. The Kier molecular flexibility index (Phi) is 10.0. The molecule has 5 heterocycles. The molecule has 0 saturated carbocycles. The van der Waals surface area contributed by atoms with Gasteiger partial charge in [0.05, 0.1) is 33.5 Å². The summed E-state index contributed by atoms with van der Waals surface area (Å²) < 4.78 is 7.53. The van der Waals surface area contributed by atoms with Crippen molar-refractivity contribution in [1.29, 1.82) is 0 Å². The molecule has 7 rings (SSSR count). The number of carbonyl (C=O) groups is 3. The van der Waals surface area contributed by atoms with Crippen LogP contribution in [0.5, 0.6) is 0 Å². The molecule has 0 radical (unpaired) electrons. The van der Waals surface area contributed by atoms with Crippen LogP contribution in [0, 0.1) is 13.8 Å². The van der Waals surface area contributed by atoms with Crippen LogP contribution in [0.3, 0.4) is 0 Å². The average Bonchev–Trinajstić information content (AvgIpc) is 3.83. The Hall–Kier alpha value is -5.79. The molecule has 0 bridgehead atoms. The average molecular weight is 692 g/mol. The van der Waals surface area contributed by atoms with E-state index in [9.17, 15) is 14.4 Å². The largest absolute Gasteiger partial charge is 0.366 e. The molecule has 1 aliphatic heterocycles. The number of nitrogens with one attached hydrogen (secondary N) is 2. The van der Waals surface area contributed by atoms with Crippen LogP contribution < -0.4 is 16.4 Å². The Morgan fingerprint density at radius 3 is 2.20 bits per heavy atom. The first-order valence-corrected chi connectivity index (χ1v) is 17.2. The summed E-state index contributed by atoms with van der Waals surface area (Å²) in [5, 5.41) is 15.5. The van der Waals surface area contributed by atoms with Gasteiger partial charge >= 0.3 is 0 Å². The summed E-state index contributed by atoms with van der Waals surface area (Å²) in [5.41, 5.74) is 12.5. The molecule has 4 N–H and O–H groups in total. The molecule has 0 aliphatic carbocycles. The number of primary amides is 1. The summed E-state index contributed by atoms with van der Waals surface area (Å²) in [6.07, 6.45) is 4.63. The van der Waals surface area contributed by atoms with E-state index < -0.39 is 5.91 Å². The highest BCUT2D eigenvalue weighted by Gasteiger charge is 2.24. The maximum atomic E-state index is 14.1. The maximum Gasteiger partial charge on any atom is 0.276 e. The number of aromatic nitrogens is 8. The number of benzene rings is 2. The van der Waals surface area contributed by atoms with E-state index in [1.807, 2.05) is 66.3 Å². The first-order valence-electron chi connectivity index (χ1n) is 17.2. The third-order valence-corrected chi connectivity index (χ3v) is 9.35. The number of fused-ring (bicyclic) bond motifs is 8. The van der Waals surface area contributed by atoms with E-state index in [2.05, 4.69) is 15.7 Å². The second-order valence-electron chi connectivity index (χ2n) is 12.8. The highest BCUT2D eigenvalue weighted by molar-refractivity contribution is 6.05. The molecule has 3 amide bonds. The van der Waals surface area contributed by atoms with Gasteiger partial charge in [-0.1, -0.05) is 26.0 Å². The van der Waals surface area contributed by atoms with Gasteiger partial charge in [-0.2, -0.15) is 10.2 Å². The first-order chi connectivity index (χ1) is 24.2. The number of hydrogen-bond acceptors (Lipinski definition) is 7. The van der Waals surface area contributed by atoms with E-state index in [4.69, 9.17) is 20.8 Å². The number of aryl methyl sites for hydroxylation is 6. The van der Waals surface area contributed by atoms with Crippen LogP contribution in [0.25, 0.3) is 22.1 Å². The van der Waals surface area contributed by atoms with Crippen molar-refractivity contribution in [3.8, 4) is 0 Å². The standard InChI is InChI=1S/C36H41N11O3.CH4/c1-4-46-31-25(23(3)43-46)12-6-5-9-19-47-30(20-22(2)42-47)33(49)40-35-38-26-13-7-8-14-28(26)44(35)17-10-11-18-45-29-16-15-24(32(37)48)21-27(29)39-36(45)41-34(31)50;/h7-8,13-16,20-21H,4-6,9-12,17-19H2,1-3H3,(H2,37,48)(H,38,40,49)(H,39,41,50);1H4. The number of imidazole rings is 2. The summed E-state index contributed by atoms with van der Waals surface area (Å²) in [7, 11) is 0. The van der Waals surface area contributed by atoms with Crippen LogP contribution in [-0.2, 0) is 32.6 Å². The minimum atomic E-state index is -0.547. The molecular weight excluding hydrogens is 646 g/mol. The number of amides is 3. The molecule has 14 nitrogen and oxygen atoms in total. The van der Waals surface area contributed by atoms with Crippen molar-refractivity contribution in [2.75, 3.05) is 10.6 Å². The zero-order valence-electron chi connectivity index (χ0n) is 28.6. The smallest absolute Gasteiger partial charge is 0.276 e. The summed E-state index contributed by atoms with van der Waals surface area (Å²) >= 11 is 0. The van der Waals surface area contributed by atoms with Gasteiger partial charge in [0.15, 0.2) is 0 Å². The lowest BCUT2D eigenvalue weighted by Gasteiger charge is -2.13. The van der Waals surface area contributed by atoms with E-state index in [-0.39, 0.29) is 19.2 Å². The van der Waals surface area contributed by atoms with Crippen molar-refractivity contribution in [1.82, 2.24) is 38.7 Å². The van der Waals surface area contributed by atoms with Crippen molar-refractivity contribution in [2.24, 2.45) is 5.73 Å². The number of para-hydroxylation sites is 2. The highest BCUT2D eigenvalue weighted by atomic mass is 16.2. The Labute approximate surface area is 296 Å². The molecule has 6 aromatic rings. The van der Waals surface area contributed by atoms with E-state index >= 15 is 0 Å². The highest BCUT2D eigenvalue weighted by Crippen LogP contribution is 2.26. The second kappa shape index (κ2) is 14.6. The zero-order chi connectivity index (χ0) is 34.9. The topological polar surface area (TPSA) is 173 Å². The molecule has 0 atom stereocenters. The Balaban J connectivity index is 0.00000448. The van der Waals surface area contributed by atoms with Crippen LogP contribution in [0.1, 0.15) is 94.7 Å². The van der Waals surface area contributed by atoms with Crippen molar-refractivity contribution in [3.63, 3.8) is 0 Å². The lowest BCUT2D eigenvalue weighted by Crippen LogP contribution is -2.21. The van der Waals surface area contributed by atoms with Crippen LogP contribution in [0.15, 0.2) is 48.5 Å². The number of nitrogens with two attached hydrogens (primary N) is 1. The van der Waals surface area contributed by atoms with Gasteiger partial charge in [-0.15, -0.1) is 0 Å². The SMILES string of the molecule is C.CCn1nc(C)c2c1C(=O)Nc1nc3cc(C(N)=O)ccc3n1CCCCn1c(nc3ccccc31)NC(=O)c1cc(C)nn1CCCCC2. The quantitative estimate of drug-likeness (QED) is 0.204. The minimum absolute atomic E-state index is 0. The molecule has 1 aliphatic rings. The lowest BCUT2D eigenvalue weighted by atomic mass is 10.0. The third kappa shape index (κ3) is 6.85. The summed E-state index contributed by atoms with van der Waals surface area (Å²) in [6.45, 7) is 8.04. The van der Waals surface area contributed by atoms with Crippen LogP contribution in [0.2, 0.25) is 0 Å². The number of carbonyl (C=O) groups excluding carboxylic acids is 3. The first kappa shape index (κ1) is 35.1. The fourth-order valence-electron chi connectivity index (χ4n) is 6.91. The molecule has 0 fully saturated rings. The fraction of sp³-hybridized carbons (Fsp3) is 0.378. The zero-order valence-corrected chi connectivity index (χ0v) is 28.6. The van der Waals surface area contributed by atoms with Gasteiger partial charge in [-0.25, -0.2) is 9.97 Å². The molecule has 51 heavy (non-hydrogen) atoms. The molecule has 266 valence electrons. The number of rotatable bonds is 2. The van der Waals surface area contributed by atoms with Crippen molar-refractivity contribution in [3.05, 3.63) is 82.4 Å². The van der Waals surface area contributed by atoms with E-state index in [1.54, 1.807) is 21.5 Å². The van der Waals surface area contributed by atoms with Gasteiger partial charge in [0.2, 0.25) is 17.8 Å². The monoisotopic (exact) mass is 691 g/mol. The summed E-state index contributed by atoms with van der Waals surface area (Å²) in [5.74, 6) is -0.222. The van der Waals surface area contributed by atoms with E-state index in [0.29, 0.717) is 67.0 Å². The van der Waals surface area contributed by atoms with E-state index in [0.717, 1.165) is 65.6 Å². The van der Waals surface area contributed by atoms with Gasteiger partial charge in [-0.3, -0.25) is 34.4 Å². The summed E-state index contributed by atoms with van der Waals surface area (Å²) in [6, 6.07) is 14.8. The number of anilines is 2. The molecule has 14 heteroatoms. The molecule has 0 unspecified atom stereocenters. The van der Waals surface area contributed by atoms with Gasteiger partial charge < -0.3 is 14.9 Å². The lowest BCUT2D eigenvalue weighted by molar-refractivity contribution is 0.0994. The normalized spacial score (nSPS) is 14.7. The van der Waals surface area contributed by atoms with Gasteiger partial charge in [0.25, 0.3) is 11.8 Å². The Morgan fingerprint density at radius 1 is 0.804 bits per heavy atom. The number of hydrogen-bond donors (Lipinski definition) is 3. The molecule has 4 aromatic heterocycles. The predicted octanol–water partition coefficient (Wildman–Crippen LogP) is 5.86. The maximum absolute atomic E-state index is 14.1. The minimum Gasteiger partial charge on any atom is -0.366 e.